The molecule has 0 saturated heterocycles. The Morgan fingerprint density at radius 3 is 2.23 bits per heavy atom. The number of aryl methyl sites for hydroxylation is 1. The summed E-state index contributed by atoms with van der Waals surface area (Å²) in [6.07, 6.45) is -3.55. The Morgan fingerprint density at radius 1 is 1.04 bits per heavy atom. The number of hydrogen-bond acceptors (Lipinski definition) is 1. The summed E-state index contributed by atoms with van der Waals surface area (Å²) in [5, 5.41) is 2.96. The number of amides is 1. The molecule has 2 aromatic carbocycles. The van der Waals surface area contributed by atoms with Gasteiger partial charge in [0.1, 0.15) is 0 Å². The minimum absolute atomic E-state index is 0.0832. The quantitative estimate of drug-likeness (QED) is 0.739. The first-order chi connectivity index (χ1) is 12.2. The van der Waals surface area contributed by atoms with Crippen LogP contribution in [-0.4, -0.2) is 5.91 Å². The molecule has 2 nitrogen and oxygen atoms in total. The van der Waals surface area contributed by atoms with Crippen LogP contribution in [-0.2, 0) is 23.8 Å². The highest BCUT2D eigenvalue weighted by Crippen LogP contribution is 2.29. The van der Waals surface area contributed by atoms with Crippen LogP contribution in [0.1, 0.15) is 49.1 Å². The Morgan fingerprint density at radius 2 is 1.69 bits per heavy atom. The van der Waals surface area contributed by atoms with E-state index in [0.717, 1.165) is 24.1 Å². The zero-order valence-corrected chi connectivity index (χ0v) is 15.2. The van der Waals surface area contributed by atoms with Crippen molar-refractivity contribution in [2.45, 2.75) is 45.8 Å². The molecule has 1 atom stereocenters. The number of nitrogens with one attached hydrogen (secondary N) is 1. The molecule has 0 aliphatic carbocycles. The Labute approximate surface area is 152 Å². The van der Waals surface area contributed by atoms with E-state index in [1.807, 2.05) is 38.1 Å². The van der Waals surface area contributed by atoms with Gasteiger partial charge in [-0.3, -0.25) is 4.79 Å². The maximum absolute atomic E-state index is 12.8. The monoisotopic (exact) mass is 363 g/mol. The normalized spacial score (nSPS) is 12.9. The van der Waals surface area contributed by atoms with Gasteiger partial charge in [-0.2, -0.15) is 13.2 Å². The van der Waals surface area contributed by atoms with E-state index in [-0.39, 0.29) is 24.3 Å². The molecule has 0 saturated carbocycles. The van der Waals surface area contributed by atoms with Gasteiger partial charge in [0, 0.05) is 0 Å². The highest BCUT2D eigenvalue weighted by atomic mass is 19.4. The largest absolute Gasteiger partial charge is 0.416 e. The molecule has 0 spiro atoms. The van der Waals surface area contributed by atoms with E-state index in [2.05, 4.69) is 12.2 Å². The molecule has 0 radical (unpaired) electrons. The van der Waals surface area contributed by atoms with Crippen LogP contribution in [0.2, 0.25) is 0 Å². The van der Waals surface area contributed by atoms with Gasteiger partial charge in [0.15, 0.2) is 0 Å². The first kappa shape index (κ1) is 20.0. The Balaban J connectivity index is 2.10. The lowest BCUT2D eigenvalue weighted by Crippen LogP contribution is -2.32. The highest BCUT2D eigenvalue weighted by molar-refractivity contribution is 5.79. The molecule has 2 aromatic rings. The van der Waals surface area contributed by atoms with Crippen LogP contribution < -0.4 is 5.32 Å². The number of carbonyl (C=O) groups is 1. The van der Waals surface area contributed by atoms with Crippen molar-refractivity contribution in [2.75, 3.05) is 0 Å². The number of halogens is 3. The van der Waals surface area contributed by atoms with Gasteiger partial charge in [0.25, 0.3) is 0 Å². The Kier molecular flexibility index (Phi) is 6.46. The van der Waals surface area contributed by atoms with Crippen LogP contribution in [0.5, 0.6) is 0 Å². The van der Waals surface area contributed by atoms with Crippen molar-refractivity contribution in [3.8, 4) is 0 Å². The van der Waals surface area contributed by atoms with Crippen molar-refractivity contribution in [3.05, 3.63) is 70.8 Å². The summed E-state index contributed by atoms with van der Waals surface area (Å²) in [6, 6.07) is 12.8. The van der Waals surface area contributed by atoms with Crippen molar-refractivity contribution in [1.82, 2.24) is 5.32 Å². The Hall–Kier alpha value is -2.30. The summed E-state index contributed by atoms with van der Waals surface area (Å²) in [6.45, 7) is 6.08. The predicted octanol–water partition coefficient (Wildman–Crippen LogP) is 5.32. The van der Waals surface area contributed by atoms with Crippen molar-refractivity contribution in [3.63, 3.8) is 0 Å². The highest BCUT2D eigenvalue weighted by Gasteiger charge is 2.30. The van der Waals surface area contributed by atoms with Gasteiger partial charge < -0.3 is 5.32 Å². The third-order valence-corrected chi connectivity index (χ3v) is 4.35. The third-order valence-electron chi connectivity index (χ3n) is 4.35. The van der Waals surface area contributed by atoms with E-state index in [4.69, 9.17) is 0 Å². The average Bonchev–Trinajstić information content (AvgIpc) is 2.59. The zero-order valence-electron chi connectivity index (χ0n) is 15.2. The summed E-state index contributed by atoms with van der Waals surface area (Å²) in [5.74, 6) is -0.129. The van der Waals surface area contributed by atoms with E-state index < -0.39 is 11.7 Å². The van der Waals surface area contributed by atoms with Crippen molar-refractivity contribution < 1.29 is 18.0 Å². The van der Waals surface area contributed by atoms with E-state index in [1.54, 1.807) is 0 Å². The minimum atomic E-state index is -4.41. The van der Waals surface area contributed by atoms with Crippen LogP contribution in [0.3, 0.4) is 0 Å². The summed E-state index contributed by atoms with van der Waals surface area (Å²) >= 11 is 0. The molecule has 2 rings (SSSR count). The van der Waals surface area contributed by atoms with Crippen molar-refractivity contribution in [2.24, 2.45) is 5.92 Å². The molecule has 0 aliphatic rings. The van der Waals surface area contributed by atoms with Gasteiger partial charge in [-0.05, 0) is 35.1 Å². The molecule has 1 amide bonds. The predicted molar refractivity (Wildman–Crippen MR) is 96.7 cm³/mol. The lowest BCUT2D eigenvalue weighted by molar-refractivity contribution is -0.137. The fourth-order valence-corrected chi connectivity index (χ4v) is 2.86. The van der Waals surface area contributed by atoms with Crippen molar-refractivity contribution in [1.29, 1.82) is 0 Å². The summed E-state index contributed by atoms with van der Waals surface area (Å²) in [4.78, 5) is 12.4. The van der Waals surface area contributed by atoms with Gasteiger partial charge in [0.05, 0.1) is 18.0 Å². The van der Waals surface area contributed by atoms with Crippen molar-refractivity contribution >= 4 is 5.91 Å². The molecule has 0 heterocycles. The van der Waals surface area contributed by atoms with E-state index in [9.17, 15) is 18.0 Å². The number of hydrogen-bond donors (Lipinski definition) is 1. The second-order valence-electron chi connectivity index (χ2n) is 6.76. The van der Waals surface area contributed by atoms with Crippen LogP contribution in [0.15, 0.2) is 48.5 Å². The van der Waals surface area contributed by atoms with Crippen LogP contribution >= 0.6 is 0 Å². The van der Waals surface area contributed by atoms with Gasteiger partial charge in [0.2, 0.25) is 5.91 Å². The minimum Gasteiger partial charge on any atom is -0.349 e. The second-order valence-corrected chi connectivity index (χ2v) is 6.76. The second kappa shape index (κ2) is 8.39. The molecule has 0 fully saturated rings. The van der Waals surface area contributed by atoms with E-state index in [0.29, 0.717) is 5.56 Å². The van der Waals surface area contributed by atoms with Crippen LogP contribution in [0.25, 0.3) is 0 Å². The topological polar surface area (TPSA) is 29.1 Å². The number of alkyl halides is 3. The van der Waals surface area contributed by atoms with Gasteiger partial charge in [-0.15, -0.1) is 0 Å². The average molecular weight is 363 g/mol. The van der Waals surface area contributed by atoms with Gasteiger partial charge in [-0.25, -0.2) is 0 Å². The SMILES string of the molecule is CCc1ccc(C(NC(=O)Cc2cccc(C(F)(F)F)c2)C(C)C)cc1. The molecule has 140 valence electrons. The summed E-state index contributed by atoms with van der Waals surface area (Å²) < 4.78 is 38.4. The molecule has 0 bridgehead atoms. The molecule has 0 aliphatic heterocycles. The maximum atomic E-state index is 12.8. The zero-order chi connectivity index (χ0) is 19.3. The van der Waals surface area contributed by atoms with Crippen LogP contribution in [0, 0.1) is 5.92 Å². The lowest BCUT2D eigenvalue weighted by atomic mass is 9.94. The first-order valence-corrected chi connectivity index (χ1v) is 8.75. The standard InChI is InChI=1S/C21H24F3NO/c1-4-15-8-10-17(11-9-15)20(14(2)3)25-19(26)13-16-6-5-7-18(12-16)21(22,23)24/h5-12,14,20H,4,13H2,1-3H3,(H,25,26). The number of carbonyl (C=O) groups excluding carboxylic acids is 1. The smallest absolute Gasteiger partial charge is 0.349 e. The van der Waals surface area contributed by atoms with Gasteiger partial charge >= 0.3 is 6.18 Å². The summed E-state index contributed by atoms with van der Waals surface area (Å²) in [5.41, 5.74) is 1.82. The molecule has 5 heteroatoms. The molecule has 1 N–H and O–H groups in total. The van der Waals surface area contributed by atoms with Gasteiger partial charge in [-0.1, -0.05) is 63.2 Å². The Bertz CT molecular complexity index is 736. The molecular weight excluding hydrogens is 339 g/mol. The lowest BCUT2D eigenvalue weighted by Gasteiger charge is -2.23. The fourth-order valence-electron chi connectivity index (χ4n) is 2.86. The summed E-state index contributed by atoms with van der Waals surface area (Å²) in [7, 11) is 0. The number of benzene rings is 2. The third kappa shape index (κ3) is 5.35. The number of rotatable bonds is 6. The molecular formula is C21H24F3NO. The van der Waals surface area contributed by atoms with E-state index >= 15 is 0 Å². The molecule has 1 unspecified atom stereocenters. The maximum Gasteiger partial charge on any atom is 0.416 e. The fraction of sp³-hybridized carbons (Fsp3) is 0.381. The first-order valence-electron chi connectivity index (χ1n) is 8.75. The molecule has 0 aromatic heterocycles. The van der Waals surface area contributed by atoms with E-state index in [1.165, 1.54) is 17.7 Å². The molecule has 26 heavy (non-hydrogen) atoms. The van der Waals surface area contributed by atoms with Crippen LogP contribution in [0.4, 0.5) is 13.2 Å².